The Balaban J connectivity index is 1.92. The Bertz CT molecular complexity index is 650. The van der Waals surface area contributed by atoms with Crippen molar-refractivity contribution in [2.75, 3.05) is 46.9 Å². The lowest BCUT2D eigenvalue weighted by molar-refractivity contribution is -0.181. The molecule has 1 aliphatic heterocycles. The van der Waals surface area contributed by atoms with Crippen molar-refractivity contribution < 1.29 is 17.9 Å². The molecule has 1 fully saturated rings. The highest BCUT2D eigenvalue weighted by Gasteiger charge is 2.41. The standard InChI is InChI=1S/C20H31F3N4O/c1-15(20(21,22)23)26-10-12-27(13-11-26)18(24-4)25-14-19(2,3)16-6-8-17(28-5)9-7-16/h6-9,15H,10-14H2,1-5H3,(H,24,25). The normalized spacial score (nSPS) is 18.1. The quantitative estimate of drug-likeness (QED) is 0.609. The second kappa shape index (κ2) is 9.03. The minimum atomic E-state index is -4.19. The first-order valence-corrected chi connectivity index (χ1v) is 9.49. The van der Waals surface area contributed by atoms with Crippen LogP contribution in [0.2, 0.25) is 0 Å². The maximum atomic E-state index is 12.9. The molecule has 8 heteroatoms. The molecule has 1 unspecified atom stereocenters. The molecule has 0 saturated carbocycles. The Labute approximate surface area is 165 Å². The van der Waals surface area contributed by atoms with Crippen LogP contribution in [0.4, 0.5) is 13.2 Å². The van der Waals surface area contributed by atoms with Gasteiger partial charge in [-0.05, 0) is 24.6 Å². The van der Waals surface area contributed by atoms with E-state index in [4.69, 9.17) is 4.74 Å². The van der Waals surface area contributed by atoms with E-state index in [0.29, 0.717) is 32.7 Å². The third-order valence-electron chi connectivity index (χ3n) is 5.41. The van der Waals surface area contributed by atoms with Gasteiger partial charge >= 0.3 is 6.18 Å². The maximum Gasteiger partial charge on any atom is 0.403 e. The summed E-state index contributed by atoms with van der Waals surface area (Å²) in [7, 11) is 3.34. The van der Waals surface area contributed by atoms with Gasteiger partial charge in [0.1, 0.15) is 11.8 Å². The predicted molar refractivity (Wildman–Crippen MR) is 106 cm³/mol. The Morgan fingerprint density at radius 1 is 1.14 bits per heavy atom. The maximum absolute atomic E-state index is 12.9. The number of hydrogen-bond donors (Lipinski definition) is 1. The summed E-state index contributed by atoms with van der Waals surface area (Å²) in [6.07, 6.45) is -4.19. The molecule has 5 nitrogen and oxygen atoms in total. The van der Waals surface area contributed by atoms with E-state index in [1.165, 1.54) is 17.4 Å². The summed E-state index contributed by atoms with van der Waals surface area (Å²) in [5.41, 5.74) is 1.02. The van der Waals surface area contributed by atoms with E-state index >= 15 is 0 Å². The summed E-state index contributed by atoms with van der Waals surface area (Å²) < 4.78 is 44.0. The molecule has 2 rings (SSSR count). The molecular weight excluding hydrogens is 369 g/mol. The molecule has 1 heterocycles. The van der Waals surface area contributed by atoms with Crippen LogP contribution < -0.4 is 10.1 Å². The van der Waals surface area contributed by atoms with Crippen molar-refractivity contribution in [3.05, 3.63) is 29.8 Å². The number of piperazine rings is 1. The van der Waals surface area contributed by atoms with Crippen LogP contribution in [0.5, 0.6) is 5.75 Å². The van der Waals surface area contributed by atoms with Crippen molar-refractivity contribution in [2.45, 2.75) is 38.4 Å². The van der Waals surface area contributed by atoms with Gasteiger partial charge in [0.05, 0.1) is 7.11 Å². The summed E-state index contributed by atoms with van der Waals surface area (Å²) >= 11 is 0. The molecule has 1 aromatic carbocycles. The zero-order valence-electron chi connectivity index (χ0n) is 17.3. The van der Waals surface area contributed by atoms with Gasteiger partial charge in [0.15, 0.2) is 5.96 Å². The van der Waals surface area contributed by atoms with Crippen molar-refractivity contribution in [3.63, 3.8) is 0 Å². The molecule has 28 heavy (non-hydrogen) atoms. The van der Waals surface area contributed by atoms with E-state index in [1.807, 2.05) is 29.2 Å². The SMILES string of the molecule is CN=C(NCC(C)(C)c1ccc(OC)cc1)N1CCN(C(C)C(F)(F)F)CC1. The predicted octanol–water partition coefficient (Wildman–Crippen LogP) is 3.12. The molecule has 1 aromatic rings. The van der Waals surface area contributed by atoms with E-state index in [0.717, 1.165) is 11.7 Å². The van der Waals surface area contributed by atoms with Gasteiger partial charge in [-0.25, -0.2) is 0 Å². The number of guanidine groups is 1. The van der Waals surface area contributed by atoms with Gasteiger partial charge in [-0.15, -0.1) is 0 Å². The fourth-order valence-corrected chi connectivity index (χ4v) is 3.30. The third-order valence-corrected chi connectivity index (χ3v) is 5.41. The number of ether oxygens (including phenoxy) is 1. The Kier molecular flexibility index (Phi) is 7.20. The fraction of sp³-hybridized carbons (Fsp3) is 0.650. The highest BCUT2D eigenvalue weighted by molar-refractivity contribution is 5.80. The smallest absolute Gasteiger partial charge is 0.403 e. The Morgan fingerprint density at radius 2 is 1.71 bits per heavy atom. The van der Waals surface area contributed by atoms with Crippen LogP contribution in [0.3, 0.4) is 0 Å². The average molecular weight is 400 g/mol. The van der Waals surface area contributed by atoms with Crippen molar-refractivity contribution in [2.24, 2.45) is 4.99 Å². The van der Waals surface area contributed by atoms with Gasteiger partial charge < -0.3 is 15.0 Å². The third kappa shape index (κ3) is 5.53. The van der Waals surface area contributed by atoms with Gasteiger partial charge in [0.2, 0.25) is 0 Å². The Morgan fingerprint density at radius 3 is 2.18 bits per heavy atom. The molecule has 1 saturated heterocycles. The lowest BCUT2D eigenvalue weighted by Crippen LogP contribution is -2.57. The van der Waals surface area contributed by atoms with Crippen molar-refractivity contribution in [3.8, 4) is 5.75 Å². The number of halogens is 3. The second-order valence-electron chi connectivity index (χ2n) is 7.75. The van der Waals surface area contributed by atoms with Crippen molar-refractivity contribution in [1.29, 1.82) is 0 Å². The summed E-state index contributed by atoms with van der Waals surface area (Å²) in [6.45, 7) is 7.92. The first kappa shape index (κ1) is 22.3. The molecule has 0 spiro atoms. The molecule has 1 aliphatic rings. The number of nitrogens with zero attached hydrogens (tertiary/aromatic N) is 3. The monoisotopic (exact) mass is 400 g/mol. The Hall–Kier alpha value is -1.96. The number of alkyl halides is 3. The summed E-state index contributed by atoms with van der Waals surface area (Å²) in [6, 6.07) is 6.54. The average Bonchev–Trinajstić information content (AvgIpc) is 2.67. The number of rotatable bonds is 5. The van der Waals surface area contributed by atoms with Crippen LogP contribution in [0.15, 0.2) is 29.3 Å². The van der Waals surface area contributed by atoms with Gasteiger partial charge in [-0.3, -0.25) is 9.89 Å². The molecular formula is C20H31F3N4O. The van der Waals surface area contributed by atoms with Crippen LogP contribution in [0.25, 0.3) is 0 Å². The van der Waals surface area contributed by atoms with E-state index in [2.05, 4.69) is 24.2 Å². The first-order valence-electron chi connectivity index (χ1n) is 9.49. The van der Waals surface area contributed by atoms with E-state index < -0.39 is 12.2 Å². The summed E-state index contributed by atoms with van der Waals surface area (Å²) in [5, 5.41) is 3.38. The molecule has 158 valence electrons. The zero-order valence-corrected chi connectivity index (χ0v) is 17.3. The number of aliphatic imine (C=N–C) groups is 1. The minimum absolute atomic E-state index is 0.144. The molecule has 1 atom stereocenters. The number of hydrogen-bond acceptors (Lipinski definition) is 3. The van der Waals surface area contributed by atoms with Crippen LogP contribution in [0, 0.1) is 0 Å². The van der Waals surface area contributed by atoms with E-state index in [1.54, 1.807) is 14.2 Å². The summed E-state index contributed by atoms with van der Waals surface area (Å²) in [5.74, 6) is 1.54. The van der Waals surface area contributed by atoms with Crippen LogP contribution in [-0.4, -0.2) is 74.9 Å². The number of benzene rings is 1. The van der Waals surface area contributed by atoms with Crippen molar-refractivity contribution in [1.82, 2.24) is 15.1 Å². The minimum Gasteiger partial charge on any atom is -0.497 e. The van der Waals surface area contributed by atoms with Gasteiger partial charge in [-0.1, -0.05) is 26.0 Å². The van der Waals surface area contributed by atoms with Crippen LogP contribution in [0.1, 0.15) is 26.3 Å². The lowest BCUT2D eigenvalue weighted by atomic mass is 9.84. The van der Waals surface area contributed by atoms with Gasteiger partial charge in [-0.2, -0.15) is 13.2 Å². The number of methoxy groups -OCH3 is 1. The molecule has 0 aromatic heterocycles. The second-order valence-corrected chi connectivity index (χ2v) is 7.75. The zero-order chi connectivity index (χ0) is 20.9. The molecule has 0 bridgehead atoms. The largest absolute Gasteiger partial charge is 0.497 e. The van der Waals surface area contributed by atoms with E-state index in [9.17, 15) is 13.2 Å². The highest BCUT2D eigenvalue weighted by atomic mass is 19.4. The molecule has 0 amide bonds. The molecule has 0 aliphatic carbocycles. The van der Waals surface area contributed by atoms with Gasteiger partial charge in [0, 0.05) is 45.2 Å². The topological polar surface area (TPSA) is 40.1 Å². The molecule has 0 radical (unpaired) electrons. The van der Waals surface area contributed by atoms with Crippen LogP contribution in [-0.2, 0) is 5.41 Å². The van der Waals surface area contributed by atoms with Crippen molar-refractivity contribution >= 4 is 5.96 Å². The summed E-state index contributed by atoms with van der Waals surface area (Å²) in [4.78, 5) is 7.82. The molecule has 1 N–H and O–H groups in total. The van der Waals surface area contributed by atoms with Gasteiger partial charge in [0.25, 0.3) is 0 Å². The van der Waals surface area contributed by atoms with Crippen LogP contribution >= 0.6 is 0 Å². The van der Waals surface area contributed by atoms with E-state index in [-0.39, 0.29) is 5.41 Å². The fourth-order valence-electron chi connectivity index (χ4n) is 3.30. The first-order chi connectivity index (χ1) is 13.1. The highest BCUT2D eigenvalue weighted by Crippen LogP contribution is 2.26. The lowest BCUT2D eigenvalue weighted by Gasteiger charge is -2.40. The number of nitrogens with one attached hydrogen (secondary N) is 1.